The van der Waals surface area contributed by atoms with E-state index in [1.54, 1.807) is 11.3 Å². The van der Waals surface area contributed by atoms with Crippen molar-refractivity contribution < 1.29 is 0 Å². The Morgan fingerprint density at radius 2 is 0.787 bits per heavy atom. The van der Waals surface area contributed by atoms with E-state index in [9.17, 15) is 0 Å². The summed E-state index contributed by atoms with van der Waals surface area (Å²) in [4.78, 5) is 10.6. The first-order valence-corrected chi connectivity index (χ1v) is 19.4. The van der Waals surface area contributed by atoms with Crippen LogP contribution in [0.1, 0.15) is 11.1 Å². The molecule has 0 radical (unpaired) electrons. The number of rotatable bonds is 4. The molecule has 7 aromatic rings. The van der Waals surface area contributed by atoms with E-state index in [2.05, 4.69) is 145 Å². The molecule has 0 aliphatic carbocycles. The van der Waals surface area contributed by atoms with Crippen molar-refractivity contribution in [1.29, 1.82) is 0 Å². The molecule has 7 heteroatoms. The maximum absolute atomic E-state index is 4.68. The maximum atomic E-state index is 4.68. The van der Waals surface area contributed by atoms with Crippen LogP contribution in [0, 0.1) is 13.8 Å². The van der Waals surface area contributed by atoms with Gasteiger partial charge in [-0.15, -0.1) is 10.2 Å². The predicted octanol–water partition coefficient (Wildman–Crippen LogP) is 13.1. The molecule has 2 aliphatic rings. The molecule has 1 aromatic heterocycles. The summed E-state index contributed by atoms with van der Waals surface area (Å²) in [5.41, 5.74) is 9.69. The average molecular weight is 695 g/mol. The summed E-state index contributed by atoms with van der Waals surface area (Å²) in [5.74, 6) is 0. The molecule has 3 heterocycles. The Hall–Kier alpha value is -3.72. The highest BCUT2D eigenvalue weighted by Crippen LogP contribution is 2.53. The predicted molar refractivity (Wildman–Crippen MR) is 201 cm³/mol. The number of nitrogens with zero attached hydrogens (tertiary/aromatic N) is 2. The SMILES string of the molecule is Cc1cc(-c2cccc3c2Sc2ccccc2S3)ccc1-c1nnc(-c2ccc(-c3cccc4c3Sc3ccccc3S4)cc2C)s1. The van der Waals surface area contributed by atoms with Gasteiger partial charge in [-0.1, -0.05) is 143 Å². The third kappa shape index (κ3) is 5.35. The Morgan fingerprint density at radius 1 is 0.383 bits per heavy atom. The highest BCUT2D eigenvalue weighted by atomic mass is 32.2. The third-order valence-corrected chi connectivity index (χ3v) is 14.7. The first-order valence-electron chi connectivity index (χ1n) is 15.3. The van der Waals surface area contributed by atoms with Gasteiger partial charge in [-0.25, -0.2) is 0 Å². The van der Waals surface area contributed by atoms with Gasteiger partial charge in [0.1, 0.15) is 10.0 Å². The van der Waals surface area contributed by atoms with E-state index in [1.807, 2.05) is 47.0 Å². The van der Waals surface area contributed by atoms with Crippen molar-refractivity contribution in [1.82, 2.24) is 10.2 Å². The first kappa shape index (κ1) is 29.4. The van der Waals surface area contributed by atoms with Gasteiger partial charge in [-0.05, 0) is 83.6 Å². The van der Waals surface area contributed by atoms with Crippen molar-refractivity contribution >= 4 is 58.4 Å². The highest BCUT2D eigenvalue weighted by Gasteiger charge is 2.22. The van der Waals surface area contributed by atoms with Crippen LogP contribution >= 0.6 is 58.4 Å². The largest absolute Gasteiger partial charge is 0.148 e. The molecular weight excluding hydrogens is 669 g/mol. The van der Waals surface area contributed by atoms with Crippen LogP contribution in [0.25, 0.3) is 43.4 Å². The van der Waals surface area contributed by atoms with Gasteiger partial charge in [0.25, 0.3) is 0 Å². The fourth-order valence-corrected chi connectivity index (χ4v) is 12.0. The molecule has 0 fully saturated rings. The molecular formula is C40H26N2S5. The lowest BCUT2D eigenvalue weighted by Gasteiger charge is -2.21. The quantitative estimate of drug-likeness (QED) is 0.182. The molecule has 0 N–H and O–H groups in total. The first-order chi connectivity index (χ1) is 23.1. The molecule has 6 aromatic carbocycles. The number of benzene rings is 6. The van der Waals surface area contributed by atoms with Crippen LogP contribution in [-0.4, -0.2) is 10.2 Å². The zero-order chi connectivity index (χ0) is 31.5. The zero-order valence-electron chi connectivity index (χ0n) is 25.5. The molecule has 2 aliphatic heterocycles. The topological polar surface area (TPSA) is 25.8 Å². The fourth-order valence-electron chi connectivity index (χ4n) is 6.14. The summed E-state index contributed by atoms with van der Waals surface area (Å²) in [6.45, 7) is 4.36. The Balaban J connectivity index is 0.997. The number of hydrogen-bond acceptors (Lipinski definition) is 7. The van der Waals surface area contributed by atoms with Gasteiger partial charge in [0, 0.05) is 50.3 Å². The molecule has 0 atom stereocenters. The van der Waals surface area contributed by atoms with Crippen LogP contribution in [0.2, 0.25) is 0 Å². The summed E-state index contributed by atoms with van der Waals surface area (Å²) in [7, 11) is 0. The summed E-state index contributed by atoms with van der Waals surface area (Å²) < 4.78 is 0. The van der Waals surface area contributed by atoms with Crippen LogP contribution < -0.4 is 0 Å². The van der Waals surface area contributed by atoms with Gasteiger partial charge in [-0.3, -0.25) is 0 Å². The van der Waals surface area contributed by atoms with E-state index in [0.717, 1.165) is 21.1 Å². The van der Waals surface area contributed by atoms with E-state index in [0.29, 0.717) is 0 Å². The summed E-state index contributed by atoms with van der Waals surface area (Å²) in [5, 5.41) is 11.3. The Morgan fingerprint density at radius 3 is 1.21 bits per heavy atom. The van der Waals surface area contributed by atoms with Crippen molar-refractivity contribution in [3.05, 3.63) is 132 Å². The molecule has 9 rings (SSSR count). The fraction of sp³-hybridized carbons (Fsp3) is 0.0500. The lowest BCUT2D eigenvalue weighted by atomic mass is 10.00. The van der Waals surface area contributed by atoms with Crippen molar-refractivity contribution in [2.45, 2.75) is 53.0 Å². The van der Waals surface area contributed by atoms with E-state index in [1.165, 1.54) is 72.5 Å². The summed E-state index contributed by atoms with van der Waals surface area (Å²) in [6.07, 6.45) is 0. The maximum Gasteiger partial charge on any atom is 0.148 e. The molecule has 0 amide bonds. The van der Waals surface area contributed by atoms with Gasteiger partial charge >= 0.3 is 0 Å². The van der Waals surface area contributed by atoms with Crippen molar-refractivity contribution in [2.24, 2.45) is 0 Å². The zero-order valence-corrected chi connectivity index (χ0v) is 29.6. The molecule has 47 heavy (non-hydrogen) atoms. The molecule has 0 unspecified atom stereocenters. The third-order valence-electron chi connectivity index (χ3n) is 8.48. The molecule has 226 valence electrons. The minimum atomic E-state index is 0.950. The van der Waals surface area contributed by atoms with E-state index < -0.39 is 0 Å². The van der Waals surface area contributed by atoms with Gasteiger partial charge in [0.15, 0.2) is 0 Å². The lowest BCUT2D eigenvalue weighted by molar-refractivity contribution is 1.10. The van der Waals surface area contributed by atoms with E-state index >= 15 is 0 Å². The van der Waals surface area contributed by atoms with E-state index in [-0.39, 0.29) is 0 Å². The molecule has 0 spiro atoms. The Bertz CT molecular complexity index is 2200. The summed E-state index contributed by atoms with van der Waals surface area (Å²) in [6, 6.07) is 44.1. The van der Waals surface area contributed by atoms with Crippen molar-refractivity contribution in [3.8, 4) is 43.4 Å². The van der Waals surface area contributed by atoms with Gasteiger partial charge in [0.05, 0.1) is 0 Å². The molecule has 2 nitrogen and oxygen atoms in total. The summed E-state index contributed by atoms with van der Waals surface area (Å²) >= 11 is 9.13. The molecule has 0 saturated heterocycles. The van der Waals surface area contributed by atoms with E-state index in [4.69, 9.17) is 0 Å². The smallest absolute Gasteiger partial charge is 0.138 e. The van der Waals surface area contributed by atoms with Gasteiger partial charge in [0.2, 0.25) is 0 Å². The van der Waals surface area contributed by atoms with Crippen LogP contribution in [0.5, 0.6) is 0 Å². The number of aryl methyl sites for hydroxylation is 2. The minimum absolute atomic E-state index is 0.950. The van der Waals surface area contributed by atoms with Crippen LogP contribution in [0.3, 0.4) is 0 Å². The monoisotopic (exact) mass is 694 g/mol. The van der Waals surface area contributed by atoms with Crippen LogP contribution in [0.4, 0.5) is 0 Å². The standard InChI is InChI=1S/C40H26N2S5/c1-23-21-25(29-9-7-15-35-37(29)45-33-13-5-3-11-31(33)43-35)17-19-27(23)39-41-42-40(47-39)28-20-18-26(22-24(28)2)30-10-8-16-36-38(30)46-34-14-6-4-12-32(34)44-36/h3-22H,1-2H3. The normalized spacial score (nSPS) is 13.0. The number of fused-ring (bicyclic) bond motifs is 4. The average Bonchev–Trinajstić information content (AvgIpc) is 3.59. The second kappa shape index (κ2) is 12.1. The van der Waals surface area contributed by atoms with Gasteiger partial charge in [-0.2, -0.15) is 0 Å². The molecule has 0 saturated carbocycles. The minimum Gasteiger partial charge on any atom is -0.138 e. The van der Waals surface area contributed by atoms with Crippen molar-refractivity contribution in [2.75, 3.05) is 0 Å². The Labute approximate surface area is 295 Å². The Kier molecular flexibility index (Phi) is 7.55. The van der Waals surface area contributed by atoms with Gasteiger partial charge < -0.3 is 0 Å². The highest BCUT2D eigenvalue weighted by molar-refractivity contribution is 8.05. The van der Waals surface area contributed by atoms with Crippen molar-refractivity contribution in [3.63, 3.8) is 0 Å². The second-order valence-corrected chi connectivity index (χ2v) is 16.8. The second-order valence-electron chi connectivity index (χ2n) is 11.5. The van der Waals surface area contributed by atoms with Crippen LogP contribution in [0.15, 0.2) is 160 Å². The lowest BCUT2D eigenvalue weighted by Crippen LogP contribution is -1.93. The number of aromatic nitrogens is 2. The number of hydrogen-bond donors (Lipinski definition) is 0. The molecule has 0 bridgehead atoms. The van der Waals surface area contributed by atoms with Crippen LogP contribution in [-0.2, 0) is 0 Å².